The van der Waals surface area contributed by atoms with Gasteiger partial charge in [-0.05, 0) is 49.1 Å². The molecular weight excluding hydrogens is 366 g/mol. The number of H-pyrrole nitrogens is 1. The minimum Gasteiger partial charge on any atom is -0.396 e. The molecule has 0 aliphatic rings. The highest BCUT2D eigenvalue weighted by Crippen LogP contribution is 2.19. The molecule has 0 radical (unpaired) electrons. The number of aliphatic hydroxyl groups is 1. The van der Waals surface area contributed by atoms with E-state index in [1.165, 1.54) is 0 Å². The first-order valence-electron chi connectivity index (χ1n) is 9.78. The van der Waals surface area contributed by atoms with Crippen LogP contribution in [0.3, 0.4) is 0 Å². The van der Waals surface area contributed by atoms with Crippen LogP contribution in [0, 0.1) is 13.8 Å². The summed E-state index contributed by atoms with van der Waals surface area (Å²) < 4.78 is 0. The summed E-state index contributed by atoms with van der Waals surface area (Å²) in [6.07, 6.45) is 0.447. The number of amides is 2. The van der Waals surface area contributed by atoms with E-state index in [2.05, 4.69) is 16.4 Å². The molecule has 0 spiro atoms. The summed E-state index contributed by atoms with van der Waals surface area (Å²) >= 11 is 0. The van der Waals surface area contributed by atoms with Crippen LogP contribution in [-0.4, -0.2) is 34.2 Å². The van der Waals surface area contributed by atoms with Crippen LogP contribution >= 0.6 is 0 Å². The quantitative estimate of drug-likeness (QED) is 0.576. The van der Waals surface area contributed by atoms with Crippen LogP contribution < -0.4 is 10.9 Å². The van der Waals surface area contributed by atoms with Gasteiger partial charge in [0, 0.05) is 36.2 Å². The molecule has 1 aromatic heterocycles. The summed E-state index contributed by atoms with van der Waals surface area (Å²) in [6, 6.07) is 15.3. The van der Waals surface area contributed by atoms with Gasteiger partial charge in [-0.25, -0.2) is 4.79 Å². The Morgan fingerprint density at radius 2 is 1.90 bits per heavy atom. The van der Waals surface area contributed by atoms with Crippen molar-refractivity contribution in [2.24, 2.45) is 0 Å². The highest BCUT2D eigenvalue weighted by Gasteiger charge is 2.16. The van der Waals surface area contributed by atoms with Gasteiger partial charge in [-0.2, -0.15) is 0 Å². The third kappa shape index (κ3) is 5.23. The average Bonchev–Trinajstić information content (AvgIpc) is 2.70. The topological polar surface area (TPSA) is 85.4 Å². The van der Waals surface area contributed by atoms with Crippen molar-refractivity contribution in [2.75, 3.05) is 13.2 Å². The smallest absolute Gasteiger partial charge is 0.317 e. The molecule has 3 rings (SSSR count). The van der Waals surface area contributed by atoms with Gasteiger partial charge >= 0.3 is 6.03 Å². The van der Waals surface area contributed by atoms with Gasteiger partial charge in [0.25, 0.3) is 5.56 Å². The first-order valence-corrected chi connectivity index (χ1v) is 9.78. The van der Waals surface area contributed by atoms with Crippen LogP contribution in [0.15, 0.2) is 53.3 Å². The van der Waals surface area contributed by atoms with Crippen molar-refractivity contribution >= 4 is 16.9 Å². The van der Waals surface area contributed by atoms with Crippen LogP contribution in [0.2, 0.25) is 0 Å². The summed E-state index contributed by atoms with van der Waals surface area (Å²) in [4.78, 5) is 29.8. The molecular formula is C23H27N3O3. The summed E-state index contributed by atoms with van der Waals surface area (Å²) in [7, 11) is 0. The number of carbonyl (C=O) groups excluding carboxylic acids is 1. The second-order valence-electron chi connectivity index (χ2n) is 7.31. The number of nitrogens with zero attached hydrogens (tertiary/aromatic N) is 1. The van der Waals surface area contributed by atoms with Crippen LogP contribution in [0.25, 0.3) is 10.9 Å². The molecule has 0 bridgehead atoms. The molecule has 0 saturated heterocycles. The van der Waals surface area contributed by atoms with Crippen molar-refractivity contribution in [2.45, 2.75) is 33.4 Å². The van der Waals surface area contributed by atoms with Gasteiger partial charge in [0.15, 0.2) is 0 Å². The minimum atomic E-state index is -0.262. The van der Waals surface area contributed by atoms with Gasteiger partial charge in [-0.3, -0.25) is 4.79 Å². The van der Waals surface area contributed by atoms with Gasteiger partial charge in [0.2, 0.25) is 0 Å². The van der Waals surface area contributed by atoms with E-state index in [4.69, 9.17) is 0 Å². The number of carbonyl (C=O) groups is 1. The Morgan fingerprint density at radius 1 is 1.14 bits per heavy atom. The number of fused-ring (bicyclic) bond motifs is 1. The van der Waals surface area contributed by atoms with E-state index in [0.29, 0.717) is 25.1 Å². The van der Waals surface area contributed by atoms with Crippen molar-refractivity contribution in [3.8, 4) is 0 Å². The SMILES string of the molecule is Cc1cc(C)c2cc(CN(CCCO)C(=O)NCc3ccccc3)c(=O)[nH]c2c1. The van der Waals surface area contributed by atoms with E-state index in [1.807, 2.05) is 56.3 Å². The monoisotopic (exact) mass is 393 g/mol. The van der Waals surface area contributed by atoms with Crippen molar-refractivity contribution < 1.29 is 9.90 Å². The molecule has 0 aliphatic carbocycles. The lowest BCUT2D eigenvalue weighted by molar-refractivity contribution is 0.186. The maximum Gasteiger partial charge on any atom is 0.317 e. The maximum atomic E-state index is 12.7. The third-order valence-corrected chi connectivity index (χ3v) is 4.91. The zero-order chi connectivity index (χ0) is 20.8. The molecule has 2 aromatic carbocycles. The Kier molecular flexibility index (Phi) is 6.67. The van der Waals surface area contributed by atoms with E-state index < -0.39 is 0 Å². The van der Waals surface area contributed by atoms with Gasteiger partial charge in [-0.1, -0.05) is 36.4 Å². The average molecular weight is 393 g/mol. The first-order chi connectivity index (χ1) is 14.0. The van der Waals surface area contributed by atoms with Crippen LogP contribution in [0.1, 0.15) is 28.7 Å². The van der Waals surface area contributed by atoms with Crippen molar-refractivity contribution in [3.05, 3.63) is 81.1 Å². The fourth-order valence-corrected chi connectivity index (χ4v) is 3.44. The molecule has 3 N–H and O–H groups in total. The Hall–Kier alpha value is -3.12. The number of nitrogens with one attached hydrogen (secondary N) is 2. The number of aromatic amines is 1. The normalized spacial score (nSPS) is 10.9. The molecule has 6 heteroatoms. The fourth-order valence-electron chi connectivity index (χ4n) is 3.44. The number of hydrogen-bond donors (Lipinski definition) is 3. The molecule has 1 heterocycles. The highest BCUT2D eigenvalue weighted by atomic mass is 16.3. The summed E-state index contributed by atoms with van der Waals surface area (Å²) in [6.45, 7) is 4.93. The molecule has 6 nitrogen and oxygen atoms in total. The number of aliphatic hydroxyl groups excluding tert-OH is 1. The van der Waals surface area contributed by atoms with Crippen LogP contribution in [-0.2, 0) is 13.1 Å². The second-order valence-corrected chi connectivity index (χ2v) is 7.31. The number of benzene rings is 2. The van der Waals surface area contributed by atoms with Crippen molar-refractivity contribution in [3.63, 3.8) is 0 Å². The number of aryl methyl sites for hydroxylation is 2. The zero-order valence-electron chi connectivity index (χ0n) is 16.9. The lowest BCUT2D eigenvalue weighted by Crippen LogP contribution is -2.41. The first kappa shape index (κ1) is 20.6. The van der Waals surface area contributed by atoms with Crippen molar-refractivity contribution in [1.29, 1.82) is 0 Å². The summed E-state index contributed by atoms with van der Waals surface area (Å²) in [5, 5.41) is 13.1. The van der Waals surface area contributed by atoms with Gasteiger partial charge in [0.05, 0.1) is 6.54 Å². The summed E-state index contributed by atoms with van der Waals surface area (Å²) in [5.74, 6) is 0. The molecule has 0 saturated carbocycles. The molecule has 0 aliphatic heterocycles. The number of hydrogen-bond acceptors (Lipinski definition) is 3. The number of aromatic nitrogens is 1. The minimum absolute atomic E-state index is 0.0189. The van der Waals surface area contributed by atoms with E-state index in [1.54, 1.807) is 4.90 Å². The highest BCUT2D eigenvalue weighted by molar-refractivity contribution is 5.83. The number of urea groups is 1. The van der Waals surface area contributed by atoms with Crippen molar-refractivity contribution in [1.82, 2.24) is 15.2 Å². The van der Waals surface area contributed by atoms with Gasteiger partial charge < -0.3 is 20.3 Å². The lowest BCUT2D eigenvalue weighted by atomic mass is 10.0. The second kappa shape index (κ2) is 9.39. The van der Waals surface area contributed by atoms with E-state index in [9.17, 15) is 14.7 Å². The standard InChI is InChI=1S/C23H27N3O3/c1-16-11-17(2)20-13-19(22(28)25-21(20)12-16)15-26(9-6-10-27)23(29)24-14-18-7-4-3-5-8-18/h3-5,7-8,11-13,27H,6,9-10,14-15H2,1-2H3,(H,24,29)(H,25,28). The van der Waals surface area contributed by atoms with Crippen LogP contribution in [0.5, 0.6) is 0 Å². The number of rotatable bonds is 7. The zero-order valence-corrected chi connectivity index (χ0v) is 16.9. The van der Waals surface area contributed by atoms with Crippen LogP contribution in [0.4, 0.5) is 4.79 Å². The largest absolute Gasteiger partial charge is 0.396 e. The Bertz CT molecular complexity index is 1040. The Balaban J connectivity index is 1.81. The molecule has 29 heavy (non-hydrogen) atoms. The maximum absolute atomic E-state index is 12.7. The fraction of sp³-hybridized carbons (Fsp3) is 0.304. The third-order valence-electron chi connectivity index (χ3n) is 4.91. The van der Waals surface area contributed by atoms with Gasteiger partial charge in [-0.15, -0.1) is 0 Å². The molecule has 0 fully saturated rings. The lowest BCUT2D eigenvalue weighted by Gasteiger charge is -2.23. The molecule has 152 valence electrons. The summed E-state index contributed by atoms with van der Waals surface area (Å²) in [5.41, 5.74) is 4.28. The Morgan fingerprint density at radius 3 is 2.62 bits per heavy atom. The van der Waals surface area contributed by atoms with E-state index >= 15 is 0 Å². The predicted octanol–water partition coefficient (Wildman–Crippen LogP) is 3.24. The molecule has 2 amide bonds. The molecule has 0 atom stereocenters. The Labute approximate surface area is 170 Å². The van der Waals surface area contributed by atoms with E-state index in [-0.39, 0.29) is 24.7 Å². The van der Waals surface area contributed by atoms with Gasteiger partial charge in [0.1, 0.15) is 0 Å². The number of pyridine rings is 1. The predicted molar refractivity (Wildman–Crippen MR) is 115 cm³/mol. The molecule has 0 unspecified atom stereocenters. The van der Waals surface area contributed by atoms with E-state index in [0.717, 1.165) is 27.6 Å². The molecule has 3 aromatic rings.